The molecule has 0 spiro atoms. The fraction of sp³-hybridized carbons (Fsp3) is 0.571. The third-order valence-corrected chi connectivity index (χ3v) is 3.64. The van der Waals surface area contributed by atoms with Gasteiger partial charge in [0.2, 0.25) is 0 Å². The van der Waals surface area contributed by atoms with E-state index >= 15 is 0 Å². The summed E-state index contributed by atoms with van der Waals surface area (Å²) in [5, 5.41) is 19.5. The first-order valence-electron chi connectivity index (χ1n) is 6.39. The van der Waals surface area contributed by atoms with Gasteiger partial charge in [0.1, 0.15) is 5.82 Å². The van der Waals surface area contributed by atoms with E-state index in [1.54, 1.807) is 13.0 Å². The second-order valence-electron chi connectivity index (χ2n) is 5.16. The summed E-state index contributed by atoms with van der Waals surface area (Å²) in [5.74, 6) is -0.148. The molecule has 2 N–H and O–H groups in total. The molecule has 0 amide bonds. The summed E-state index contributed by atoms with van der Waals surface area (Å²) >= 11 is 0. The molecule has 0 bridgehead atoms. The number of benzene rings is 1. The van der Waals surface area contributed by atoms with E-state index < -0.39 is 6.10 Å². The first-order chi connectivity index (χ1) is 8.49. The molecule has 1 aromatic rings. The molecule has 2 unspecified atom stereocenters. The lowest BCUT2D eigenvalue weighted by atomic mass is 9.95. The third-order valence-electron chi connectivity index (χ3n) is 3.64. The van der Waals surface area contributed by atoms with Crippen molar-refractivity contribution >= 4 is 5.69 Å². The Balaban J connectivity index is 2.28. The first-order valence-corrected chi connectivity index (χ1v) is 6.39. The molecule has 3 atom stereocenters. The number of aliphatic hydroxyl groups is 2. The summed E-state index contributed by atoms with van der Waals surface area (Å²) < 4.78 is 13.2. The van der Waals surface area contributed by atoms with E-state index in [-0.39, 0.29) is 17.8 Å². The van der Waals surface area contributed by atoms with Gasteiger partial charge in [-0.3, -0.25) is 0 Å². The van der Waals surface area contributed by atoms with Crippen LogP contribution >= 0.6 is 0 Å². The molecule has 4 heteroatoms. The molecule has 1 aliphatic heterocycles. The third kappa shape index (κ3) is 2.65. The van der Waals surface area contributed by atoms with Crippen molar-refractivity contribution < 1.29 is 14.6 Å². The molecule has 1 aliphatic rings. The molecular formula is C14H20FNO2. The molecule has 0 aliphatic carbocycles. The van der Waals surface area contributed by atoms with E-state index in [2.05, 4.69) is 4.90 Å². The molecule has 18 heavy (non-hydrogen) atoms. The van der Waals surface area contributed by atoms with Crippen LogP contribution in [-0.2, 0) is 0 Å². The van der Waals surface area contributed by atoms with Gasteiger partial charge in [0.05, 0.1) is 12.2 Å². The van der Waals surface area contributed by atoms with Gasteiger partial charge in [0.25, 0.3) is 0 Å². The number of anilines is 1. The van der Waals surface area contributed by atoms with Crippen molar-refractivity contribution in [2.45, 2.75) is 32.5 Å². The minimum Gasteiger partial charge on any atom is -0.393 e. The molecule has 100 valence electrons. The zero-order valence-corrected chi connectivity index (χ0v) is 10.8. The zero-order chi connectivity index (χ0) is 13.3. The number of piperidine rings is 1. The second-order valence-corrected chi connectivity index (χ2v) is 5.16. The van der Waals surface area contributed by atoms with Gasteiger partial charge in [-0.05, 0) is 37.5 Å². The SMILES string of the molecule is CC1CN(c2ccc(F)cc2[C@H](C)O)CCC1O. The fourth-order valence-electron chi connectivity index (χ4n) is 2.50. The van der Waals surface area contributed by atoms with Gasteiger partial charge in [0, 0.05) is 24.3 Å². The topological polar surface area (TPSA) is 43.7 Å². The molecule has 1 fully saturated rings. The fourth-order valence-corrected chi connectivity index (χ4v) is 2.50. The zero-order valence-electron chi connectivity index (χ0n) is 10.8. The van der Waals surface area contributed by atoms with E-state index in [1.807, 2.05) is 6.92 Å². The number of aliphatic hydroxyl groups excluding tert-OH is 2. The number of rotatable bonds is 2. The van der Waals surface area contributed by atoms with Gasteiger partial charge in [0.15, 0.2) is 0 Å². The molecule has 2 rings (SSSR count). The summed E-state index contributed by atoms with van der Waals surface area (Å²) in [6.07, 6.45) is -0.257. The van der Waals surface area contributed by atoms with E-state index in [9.17, 15) is 14.6 Å². The van der Waals surface area contributed by atoms with Crippen LogP contribution in [0.15, 0.2) is 18.2 Å². The average Bonchev–Trinajstić information content (AvgIpc) is 2.32. The van der Waals surface area contributed by atoms with Crippen LogP contribution in [0.3, 0.4) is 0 Å². The summed E-state index contributed by atoms with van der Waals surface area (Å²) in [5.41, 5.74) is 1.48. The Morgan fingerprint density at radius 3 is 2.78 bits per heavy atom. The predicted molar refractivity (Wildman–Crippen MR) is 69.0 cm³/mol. The van der Waals surface area contributed by atoms with Crippen molar-refractivity contribution in [1.29, 1.82) is 0 Å². The van der Waals surface area contributed by atoms with Crippen molar-refractivity contribution in [3.63, 3.8) is 0 Å². The van der Waals surface area contributed by atoms with Crippen molar-refractivity contribution in [3.05, 3.63) is 29.6 Å². The smallest absolute Gasteiger partial charge is 0.123 e. The second kappa shape index (κ2) is 5.24. The Morgan fingerprint density at radius 1 is 1.44 bits per heavy atom. The van der Waals surface area contributed by atoms with Crippen molar-refractivity contribution in [3.8, 4) is 0 Å². The Labute approximate surface area is 107 Å². The van der Waals surface area contributed by atoms with Crippen molar-refractivity contribution in [2.75, 3.05) is 18.0 Å². The Kier molecular flexibility index (Phi) is 3.88. The molecule has 0 radical (unpaired) electrons. The Bertz CT molecular complexity index is 422. The first kappa shape index (κ1) is 13.3. The van der Waals surface area contributed by atoms with Crippen LogP contribution in [0.2, 0.25) is 0 Å². The highest BCUT2D eigenvalue weighted by atomic mass is 19.1. The lowest BCUT2D eigenvalue weighted by molar-refractivity contribution is 0.0968. The lowest BCUT2D eigenvalue weighted by Crippen LogP contribution is -2.42. The number of nitrogens with zero attached hydrogens (tertiary/aromatic N) is 1. The van der Waals surface area contributed by atoms with Crippen LogP contribution in [0.4, 0.5) is 10.1 Å². The standard InChI is InChI=1S/C14H20FNO2/c1-9-8-16(6-5-14(9)18)13-4-3-11(15)7-12(13)10(2)17/h3-4,7,9-10,14,17-18H,5-6,8H2,1-2H3/t9?,10-,14?/m0/s1. The highest BCUT2D eigenvalue weighted by Gasteiger charge is 2.26. The molecule has 1 saturated heterocycles. The largest absolute Gasteiger partial charge is 0.393 e. The maximum atomic E-state index is 13.2. The van der Waals surface area contributed by atoms with Crippen LogP contribution < -0.4 is 4.90 Å². The average molecular weight is 253 g/mol. The van der Waals surface area contributed by atoms with Crippen molar-refractivity contribution in [1.82, 2.24) is 0 Å². The summed E-state index contributed by atoms with van der Waals surface area (Å²) in [7, 11) is 0. The van der Waals surface area contributed by atoms with Gasteiger partial charge in [-0.1, -0.05) is 6.92 Å². The maximum Gasteiger partial charge on any atom is 0.123 e. The van der Waals surface area contributed by atoms with E-state index in [1.165, 1.54) is 12.1 Å². The van der Waals surface area contributed by atoms with E-state index in [4.69, 9.17) is 0 Å². The van der Waals surface area contributed by atoms with Crippen LogP contribution in [-0.4, -0.2) is 29.4 Å². The van der Waals surface area contributed by atoms with Gasteiger partial charge < -0.3 is 15.1 Å². The van der Waals surface area contributed by atoms with Crippen LogP contribution in [0.5, 0.6) is 0 Å². The maximum absolute atomic E-state index is 13.2. The van der Waals surface area contributed by atoms with Gasteiger partial charge in [-0.25, -0.2) is 4.39 Å². The highest BCUT2D eigenvalue weighted by Crippen LogP contribution is 2.30. The van der Waals surface area contributed by atoms with Gasteiger partial charge in [-0.2, -0.15) is 0 Å². The molecule has 1 heterocycles. The van der Waals surface area contributed by atoms with E-state index in [0.29, 0.717) is 12.0 Å². The molecule has 3 nitrogen and oxygen atoms in total. The summed E-state index contributed by atoms with van der Waals surface area (Å²) in [6.45, 7) is 5.10. The Morgan fingerprint density at radius 2 is 2.17 bits per heavy atom. The van der Waals surface area contributed by atoms with Crippen LogP contribution in [0.25, 0.3) is 0 Å². The van der Waals surface area contributed by atoms with Crippen LogP contribution in [0, 0.1) is 11.7 Å². The monoisotopic (exact) mass is 253 g/mol. The minimum absolute atomic E-state index is 0.186. The van der Waals surface area contributed by atoms with Crippen LogP contribution in [0.1, 0.15) is 31.9 Å². The summed E-state index contributed by atoms with van der Waals surface area (Å²) in [6, 6.07) is 4.51. The highest BCUT2D eigenvalue weighted by molar-refractivity contribution is 5.55. The number of halogens is 1. The quantitative estimate of drug-likeness (QED) is 0.848. The molecular weight excluding hydrogens is 233 g/mol. The van der Waals surface area contributed by atoms with Gasteiger partial charge >= 0.3 is 0 Å². The molecule has 0 saturated carbocycles. The number of hydrogen-bond acceptors (Lipinski definition) is 3. The molecule has 1 aromatic carbocycles. The normalized spacial score (nSPS) is 26.2. The predicted octanol–water partition coefficient (Wildman–Crippen LogP) is 2.09. The summed E-state index contributed by atoms with van der Waals surface area (Å²) in [4.78, 5) is 2.11. The Hall–Kier alpha value is -1.13. The van der Waals surface area contributed by atoms with Crippen molar-refractivity contribution in [2.24, 2.45) is 5.92 Å². The number of hydrogen-bond donors (Lipinski definition) is 2. The van der Waals surface area contributed by atoms with Gasteiger partial charge in [-0.15, -0.1) is 0 Å². The lowest BCUT2D eigenvalue weighted by Gasteiger charge is -2.37. The minimum atomic E-state index is -0.696. The molecule has 0 aromatic heterocycles. The van der Waals surface area contributed by atoms with E-state index in [0.717, 1.165) is 18.8 Å².